The second kappa shape index (κ2) is 10.2. The normalized spacial score (nSPS) is 13.6. The van der Waals surface area contributed by atoms with E-state index < -0.39 is 0 Å². The van der Waals surface area contributed by atoms with Crippen molar-refractivity contribution >= 4 is 67.6 Å². The Bertz CT molecular complexity index is 1890. The monoisotopic (exact) mass is 605 g/mol. The number of hydrogen-bond donors (Lipinski definition) is 0. The summed E-state index contributed by atoms with van der Waals surface area (Å²) in [6.45, 7) is 2.67. The van der Waals surface area contributed by atoms with Gasteiger partial charge in [0.1, 0.15) is 11.0 Å². The third kappa shape index (κ3) is 3.85. The molecular formula is C34H27N3O2S3. The second-order valence-corrected chi connectivity index (χ2v) is 13.9. The summed E-state index contributed by atoms with van der Waals surface area (Å²) in [4.78, 5) is 44.0. The lowest BCUT2D eigenvalue weighted by Crippen LogP contribution is -2.40. The van der Waals surface area contributed by atoms with E-state index in [0.717, 1.165) is 73.3 Å². The van der Waals surface area contributed by atoms with E-state index in [1.54, 1.807) is 34.0 Å². The van der Waals surface area contributed by atoms with Gasteiger partial charge in [0.25, 0.3) is 11.8 Å². The van der Waals surface area contributed by atoms with Gasteiger partial charge in [-0.2, -0.15) is 0 Å². The molecule has 0 atom stereocenters. The van der Waals surface area contributed by atoms with Crippen molar-refractivity contribution in [3.8, 4) is 42.0 Å². The van der Waals surface area contributed by atoms with E-state index in [1.165, 1.54) is 33.9 Å². The molecule has 8 heteroatoms. The molecule has 0 saturated carbocycles. The van der Waals surface area contributed by atoms with Crippen LogP contribution in [0.1, 0.15) is 66.2 Å². The molecule has 0 fully saturated rings. The third-order valence-corrected chi connectivity index (χ3v) is 11.6. The maximum Gasteiger partial charge on any atom is 0.261 e. The first-order chi connectivity index (χ1) is 20.7. The summed E-state index contributed by atoms with van der Waals surface area (Å²) in [6, 6.07) is 16.2. The van der Waals surface area contributed by atoms with Crippen LogP contribution in [0.4, 0.5) is 0 Å². The van der Waals surface area contributed by atoms with Crippen molar-refractivity contribution < 1.29 is 9.59 Å². The molecule has 4 aromatic heterocycles. The van der Waals surface area contributed by atoms with Gasteiger partial charge in [-0.15, -0.1) is 34.0 Å². The van der Waals surface area contributed by atoms with Gasteiger partial charge in [-0.05, 0) is 41.4 Å². The van der Waals surface area contributed by atoms with Crippen LogP contribution in [0.5, 0.6) is 0 Å². The quantitative estimate of drug-likeness (QED) is 0.121. The summed E-state index contributed by atoms with van der Waals surface area (Å²) >= 11 is 5.16. The average molecular weight is 606 g/mol. The molecule has 0 saturated heterocycles. The topological polar surface area (TPSA) is 63.2 Å². The third-order valence-electron chi connectivity index (χ3n) is 8.38. The number of nitrogens with zero attached hydrogens (tertiary/aromatic N) is 3. The van der Waals surface area contributed by atoms with Gasteiger partial charge in [-0.1, -0.05) is 63.3 Å². The van der Waals surface area contributed by atoms with E-state index in [0.29, 0.717) is 17.7 Å². The molecule has 0 unspecified atom stereocenters. The van der Waals surface area contributed by atoms with Gasteiger partial charge >= 0.3 is 0 Å². The molecule has 5 nitrogen and oxygen atoms in total. The number of unbranched alkanes of at least 4 members (excludes halogenated alkanes) is 5. The number of carbonyl (C=O) groups excluding carboxylic acids is 2. The van der Waals surface area contributed by atoms with Gasteiger partial charge in [0.2, 0.25) is 0 Å². The van der Waals surface area contributed by atoms with Crippen LogP contribution < -0.4 is 0 Å². The van der Waals surface area contributed by atoms with Crippen molar-refractivity contribution in [2.24, 2.45) is 0 Å². The summed E-state index contributed by atoms with van der Waals surface area (Å²) < 4.78 is 0. The van der Waals surface area contributed by atoms with E-state index in [1.807, 2.05) is 24.3 Å². The molecule has 0 spiro atoms. The lowest BCUT2D eigenvalue weighted by molar-refractivity contribution is 0.0608. The van der Waals surface area contributed by atoms with Crippen LogP contribution in [0.2, 0.25) is 0 Å². The summed E-state index contributed by atoms with van der Waals surface area (Å²) in [5, 5.41) is 5.86. The minimum atomic E-state index is -0.192. The predicted octanol–water partition coefficient (Wildman–Crippen LogP) is 9.91. The lowest BCUT2D eigenvalue weighted by Gasteiger charge is -2.27. The average Bonchev–Trinajstić information content (AvgIpc) is 3.82. The molecule has 2 aliphatic rings. The molecule has 42 heavy (non-hydrogen) atoms. The molecule has 6 aromatic rings. The zero-order valence-corrected chi connectivity index (χ0v) is 25.6. The van der Waals surface area contributed by atoms with E-state index in [4.69, 9.17) is 9.97 Å². The highest BCUT2D eigenvalue weighted by molar-refractivity contribution is 7.27. The predicted molar refractivity (Wildman–Crippen MR) is 175 cm³/mol. The molecule has 1 aliphatic heterocycles. The second-order valence-electron chi connectivity index (χ2n) is 10.9. The number of imide groups is 1. The molecule has 8 rings (SSSR count). The molecular weight excluding hydrogens is 579 g/mol. The smallest absolute Gasteiger partial charge is 0.261 e. The summed E-state index contributed by atoms with van der Waals surface area (Å²) in [5.41, 5.74) is 6.54. The van der Waals surface area contributed by atoms with E-state index in [-0.39, 0.29) is 11.8 Å². The minimum absolute atomic E-state index is 0.192. The van der Waals surface area contributed by atoms with Crippen LogP contribution in [0.15, 0.2) is 59.3 Å². The number of thiophene rings is 3. The number of amides is 2. The van der Waals surface area contributed by atoms with E-state index >= 15 is 0 Å². The lowest BCUT2D eigenvalue weighted by atomic mass is 9.90. The van der Waals surface area contributed by atoms with E-state index in [2.05, 4.69) is 41.9 Å². The zero-order valence-electron chi connectivity index (χ0n) is 23.1. The molecule has 5 heterocycles. The highest BCUT2D eigenvalue weighted by Gasteiger charge is 2.37. The largest absolute Gasteiger partial charge is 0.274 e. The number of carbonyl (C=O) groups is 2. The Morgan fingerprint density at radius 1 is 0.643 bits per heavy atom. The van der Waals surface area contributed by atoms with Crippen molar-refractivity contribution in [1.29, 1.82) is 0 Å². The fourth-order valence-electron chi connectivity index (χ4n) is 6.36. The van der Waals surface area contributed by atoms with Crippen molar-refractivity contribution in [2.45, 2.75) is 45.4 Å². The fraction of sp³-hybridized carbons (Fsp3) is 0.235. The van der Waals surface area contributed by atoms with E-state index in [9.17, 15) is 9.59 Å². The van der Waals surface area contributed by atoms with Gasteiger partial charge in [0.15, 0.2) is 0 Å². The maximum atomic E-state index is 13.7. The van der Waals surface area contributed by atoms with Crippen LogP contribution in [-0.2, 0) is 0 Å². The first-order valence-corrected chi connectivity index (χ1v) is 17.1. The van der Waals surface area contributed by atoms with Crippen molar-refractivity contribution in [3.63, 3.8) is 0 Å². The molecule has 0 bridgehead atoms. The van der Waals surface area contributed by atoms with Gasteiger partial charge in [-0.25, -0.2) is 9.97 Å². The Kier molecular flexibility index (Phi) is 6.32. The van der Waals surface area contributed by atoms with Gasteiger partial charge in [0.05, 0.1) is 21.1 Å². The zero-order chi connectivity index (χ0) is 28.4. The van der Waals surface area contributed by atoms with Crippen molar-refractivity contribution in [1.82, 2.24) is 14.9 Å². The first-order valence-electron chi connectivity index (χ1n) is 14.5. The molecule has 208 valence electrons. The van der Waals surface area contributed by atoms with Crippen molar-refractivity contribution in [3.05, 3.63) is 70.4 Å². The molecule has 2 amide bonds. The Hall–Kier alpha value is -3.72. The number of benzene rings is 2. The summed E-state index contributed by atoms with van der Waals surface area (Å²) in [5.74, 6) is -0.385. The highest BCUT2D eigenvalue weighted by atomic mass is 32.1. The standard InChI is InChI=1S/C34H27N3O2S3/c1-2-3-4-5-6-7-16-37-33(38)21-14-12-19-25-20(13-15-22(26(21)25)34(37)39)28-27(19)35-29-30(36-28)32(24-11-9-18-41-24)42-31(29)23-10-8-17-40-23/h8-15,17-18H,2-7,16H2,1H3. The van der Waals surface area contributed by atoms with Crippen LogP contribution >= 0.6 is 34.0 Å². The molecule has 0 N–H and O–H groups in total. The Labute approximate surface area is 255 Å². The van der Waals surface area contributed by atoms with Crippen LogP contribution in [0.25, 0.3) is 63.8 Å². The SMILES string of the molecule is CCCCCCCCN1C(=O)c2ccc3c4c(ccc(c24)C1=O)-c1nc2c(-c4cccs4)sc(-c4cccs4)c2nc1-3. The summed E-state index contributed by atoms with van der Waals surface area (Å²) in [6.07, 6.45) is 6.65. The van der Waals surface area contributed by atoms with Gasteiger partial charge in [0, 0.05) is 49.3 Å². The highest BCUT2D eigenvalue weighted by Crippen LogP contribution is 2.52. The Morgan fingerprint density at radius 3 is 1.67 bits per heavy atom. The Balaban J connectivity index is 1.24. The first kappa shape index (κ1) is 25.9. The van der Waals surface area contributed by atoms with Crippen molar-refractivity contribution in [2.75, 3.05) is 6.54 Å². The fourth-order valence-corrected chi connectivity index (χ4v) is 9.25. The maximum absolute atomic E-state index is 13.7. The number of hydrogen-bond acceptors (Lipinski definition) is 7. The molecule has 1 aliphatic carbocycles. The number of aromatic nitrogens is 2. The summed E-state index contributed by atoms with van der Waals surface area (Å²) in [7, 11) is 0. The number of rotatable bonds is 9. The van der Waals surface area contributed by atoms with Gasteiger partial charge < -0.3 is 0 Å². The minimum Gasteiger partial charge on any atom is -0.274 e. The molecule has 2 aromatic carbocycles. The molecule has 0 radical (unpaired) electrons. The van der Waals surface area contributed by atoms with Crippen LogP contribution in [0, 0.1) is 0 Å². The van der Waals surface area contributed by atoms with Crippen LogP contribution in [0.3, 0.4) is 0 Å². The van der Waals surface area contributed by atoms with Gasteiger partial charge in [-0.3, -0.25) is 14.5 Å². The van der Waals surface area contributed by atoms with Crippen LogP contribution in [-0.4, -0.2) is 33.2 Å². The number of fused-ring (bicyclic) bond motifs is 4. The Morgan fingerprint density at radius 2 is 1.14 bits per heavy atom.